The number of nitrogen functional groups attached to an aromatic ring is 1. The smallest absolute Gasteiger partial charge is 0.261 e. The summed E-state index contributed by atoms with van der Waals surface area (Å²) in [7, 11) is -3.62. The van der Waals surface area contributed by atoms with Crippen LogP contribution in [-0.2, 0) is 10.0 Å². The van der Waals surface area contributed by atoms with Gasteiger partial charge in [-0.2, -0.15) is 0 Å². The van der Waals surface area contributed by atoms with Gasteiger partial charge in [0.2, 0.25) is 0 Å². The molecule has 114 valence electrons. The summed E-state index contributed by atoms with van der Waals surface area (Å²) in [6, 6.07) is 11.6. The molecular weight excluding hydrogens is 388 g/mol. The zero-order valence-corrected chi connectivity index (χ0v) is 14.3. The summed E-state index contributed by atoms with van der Waals surface area (Å²) in [5.41, 5.74) is 3.66. The Kier molecular flexibility index (Phi) is 4.04. The average molecular weight is 399 g/mol. The van der Waals surface area contributed by atoms with Crippen molar-refractivity contribution in [2.45, 2.75) is 4.90 Å². The Balaban J connectivity index is 2.01. The third kappa shape index (κ3) is 2.93. The Bertz CT molecular complexity index is 926. The Morgan fingerprint density at radius 2 is 1.91 bits per heavy atom. The van der Waals surface area contributed by atoms with Gasteiger partial charge in [0.15, 0.2) is 5.13 Å². The van der Waals surface area contributed by atoms with Crippen LogP contribution >= 0.6 is 27.3 Å². The molecule has 3 rings (SSSR count). The summed E-state index contributed by atoms with van der Waals surface area (Å²) in [6.07, 6.45) is 0. The molecule has 9 heteroatoms. The number of anilines is 2. The van der Waals surface area contributed by atoms with Crippen LogP contribution in [0, 0.1) is 0 Å². The third-order valence-electron chi connectivity index (χ3n) is 2.88. The number of halogens is 1. The predicted octanol–water partition coefficient (Wildman–Crippen LogP) is 3.15. The minimum Gasteiger partial charge on any atom is -0.300 e. The second-order valence-corrected chi connectivity index (χ2v) is 7.95. The first-order chi connectivity index (χ1) is 10.5. The predicted molar refractivity (Wildman–Crippen MR) is 92.4 cm³/mol. The van der Waals surface area contributed by atoms with Crippen molar-refractivity contribution < 1.29 is 8.42 Å². The minimum absolute atomic E-state index is 0.208. The van der Waals surface area contributed by atoms with Gasteiger partial charge >= 0.3 is 0 Å². The SMILES string of the molecule is NNc1nc2c(Br)cc(NS(=O)(=O)c3ccccc3)cc2s1. The molecule has 3 aromatic rings. The molecule has 2 aromatic carbocycles. The van der Waals surface area contributed by atoms with Crippen LogP contribution in [-0.4, -0.2) is 13.4 Å². The fourth-order valence-electron chi connectivity index (χ4n) is 1.92. The minimum atomic E-state index is -3.62. The van der Waals surface area contributed by atoms with Crippen molar-refractivity contribution in [3.05, 3.63) is 46.9 Å². The number of hydrazine groups is 1. The monoisotopic (exact) mass is 398 g/mol. The van der Waals surface area contributed by atoms with Gasteiger partial charge in [-0.1, -0.05) is 29.5 Å². The van der Waals surface area contributed by atoms with Gasteiger partial charge in [0.05, 0.1) is 20.8 Å². The van der Waals surface area contributed by atoms with E-state index in [1.807, 2.05) is 0 Å². The van der Waals surface area contributed by atoms with E-state index in [9.17, 15) is 8.42 Å². The van der Waals surface area contributed by atoms with E-state index >= 15 is 0 Å². The van der Waals surface area contributed by atoms with E-state index in [1.54, 1.807) is 42.5 Å². The molecule has 1 heterocycles. The van der Waals surface area contributed by atoms with Gasteiger partial charge in [0.25, 0.3) is 10.0 Å². The van der Waals surface area contributed by atoms with Crippen molar-refractivity contribution in [2.75, 3.05) is 10.1 Å². The lowest BCUT2D eigenvalue weighted by molar-refractivity contribution is 0.601. The average Bonchev–Trinajstić information content (AvgIpc) is 2.91. The molecule has 0 aliphatic heterocycles. The third-order valence-corrected chi connectivity index (χ3v) is 5.81. The molecule has 0 atom stereocenters. The number of nitrogens with two attached hydrogens (primary N) is 1. The number of fused-ring (bicyclic) bond motifs is 1. The molecule has 0 fully saturated rings. The number of nitrogens with zero attached hydrogens (tertiary/aromatic N) is 1. The molecule has 22 heavy (non-hydrogen) atoms. The largest absolute Gasteiger partial charge is 0.300 e. The topological polar surface area (TPSA) is 97.1 Å². The van der Waals surface area contributed by atoms with E-state index in [0.29, 0.717) is 15.3 Å². The summed E-state index contributed by atoms with van der Waals surface area (Å²) < 4.78 is 28.7. The quantitative estimate of drug-likeness (QED) is 0.463. The van der Waals surface area contributed by atoms with Crippen LogP contribution in [0.4, 0.5) is 10.8 Å². The Labute approximate surface area is 139 Å². The number of rotatable bonds is 4. The number of nitrogens with one attached hydrogen (secondary N) is 2. The highest BCUT2D eigenvalue weighted by Gasteiger charge is 2.15. The van der Waals surface area contributed by atoms with Crippen LogP contribution in [0.15, 0.2) is 51.8 Å². The van der Waals surface area contributed by atoms with Crippen LogP contribution in [0.2, 0.25) is 0 Å². The molecule has 0 amide bonds. The summed E-state index contributed by atoms with van der Waals surface area (Å²) >= 11 is 4.73. The van der Waals surface area contributed by atoms with Gasteiger partial charge in [-0.15, -0.1) is 0 Å². The molecule has 4 N–H and O–H groups in total. The van der Waals surface area contributed by atoms with E-state index in [4.69, 9.17) is 5.84 Å². The lowest BCUT2D eigenvalue weighted by Gasteiger charge is -2.08. The van der Waals surface area contributed by atoms with E-state index in [1.165, 1.54) is 11.3 Å². The molecule has 0 unspecified atom stereocenters. The number of benzene rings is 2. The molecule has 0 spiro atoms. The molecule has 0 aliphatic carbocycles. The van der Waals surface area contributed by atoms with Crippen LogP contribution in [0.3, 0.4) is 0 Å². The fraction of sp³-hybridized carbons (Fsp3) is 0. The second kappa shape index (κ2) is 5.84. The zero-order chi connectivity index (χ0) is 15.7. The summed E-state index contributed by atoms with van der Waals surface area (Å²) in [5, 5.41) is 0.554. The molecule has 1 aromatic heterocycles. The van der Waals surface area contributed by atoms with Crippen molar-refractivity contribution in [1.82, 2.24) is 4.98 Å². The van der Waals surface area contributed by atoms with Crippen molar-refractivity contribution >= 4 is 58.3 Å². The van der Waals surface area contributed by atoms with Crippen molar-refractivity contribution in [1.29, 1.82) is 0 Å². The van der Waals surface area contributed by atoms with Crippen molar-refractivity contribution in [2.24, 2.45) is 5.84 Å². The molecule has 0 radical (unpaired) electrons. The van der Waals surface area contributed by atoms with Gasteiger partial charge in [0, 0.05) is 4.47 Å². The van der Waals surface area contributed by atoms with Gasteiger partial charge in [-0.25, -0.2) is 19.2 Å². The van der Waals surface area contributed by atoms with Gasteiger partial charge in [0.1, 0.15) is 0 Å². The number of hydrogen-bond donors (Lipinski definition) is 3. The first-order valence-corrected chi connectivity index (χ1v) is 9.23. The normalized spacial score (nSPS) is 11.5. The Morgan fingerprint density at radius 1 is 1.18 bits per heavy atom. The standard InChI is InChI=1S/C13H11BrN4O2S2/c14-10-6-8(7-11-12(10)16-13(17-15)21-11)18-22(19,20)9-4-2-1-3-5-9/h1-7,18H,15H2,(H,16,17). The van der Waals surface area contributed by atoms with Crippen molar-refractivity contribution in [3.8, 4) is 0 Å². The van der Waals surface area contributed by atoms with Gasteiger partial charge in [-0.05, 0) is 40.2 Å². The lowest BCUT2D eigenvalue weighted by Crippen LogP contribution is -2.12. The molecule has 0 saturated heterocycles. The summed E-state index contributed by atoms with van der Waals surface area (Å²) in [5.74, 6) is 5.35. The van der Waals surface area contributed by atoms with Crippen LogP contribution < -0.4 is 16.0 Å². The first kappa shape index (κ1) is 15.2. The number of sulfonamides is 1. The lowest BCUT2D eigenvalue weighted by atomic mass is 10.3. The highest BCUT2D eigenvalue weighted by atomic mass is 79.9. The van der Waals surface area contributed by atoms with E-state index in [-0.39, 0.29) is 4.90 Å². The van der Waals surface area contributed by atoms with Crippen LogP contribution in [0.25, 0.3) is 10.2 Å². The number of hydrogen-bond acceptors (Lipinski definition) is 6. The van der Waals surface area contributed by atoms with Gasteiger partial charge in [-0.3, -0.25) is 10.1 Å². The van der Waals surface area contributed by atoms with Gasteiger partial charge < -0.3 is 0 Å². The maximum atomic E-state index is 12.3. The molecular formula is C13H11BrN4O2S2. The maximum absolute atomic E-state index is 12.3. The highest BCUT2D eigenvalue weighted by molar-refractivity contribution is 9.10. The summed E-state index contributed by atoms with van der Waals surface area (Å²) in [6.45, 7) is 0. The molecule has 0 aliphatic rings. The van der Waals surface area contributed by atoms with Crippen molar-refractivity contribution in [3.63, 3.8) is 0 Å². The summed E-state index contributed by atoms with van der Waals surface area (Å²) in [4.78, 5) is 4.49. The number of aromatic nitrogens is 1. The van der Waals surface area contributed by atoms with E-state index < -0.39 is 10.0 Å². The molecule has 0 bridgehead atoms. The molecule has 0 saturated carbocycles. The first-order valence-electron chi connectivity index (χ1n) is 6.14. The van der Waals surface area contributed by atoms with E-state index in [2.05, 4.69) is 31.1 Å². The maximum Gasteiger partial charge on any atom is 0.261 e. The fourth-order valence-corrected chi connectivity index (χ4v) is 4.51. The Morgan fingerprint density at radius 3 is 2.59 bits per heavy atom. The van der Waals surface area contributed by atoms with Crippen LogP contribution in [0.1, 0.15) is 0 Å². The number of thiazole rings is 1. The zero-order valence-electron chi connectivity index (χ0n) is 11.1. The Hall–Kier alpha value is -1.68. The second-order valence-electron chi connectivity index (χ2n) is 4.39. The highest BCUT2D eigenvalue weighted by Crippen LogP contribution is 2.34. The van der Waals surface area contributed by atoms with E-state index in [0.717, 1.165) is 10.2 Å². The van der Waals surface area contributed by atoms with Crippen LogP contribution in [0.5, 0.6) is 0 Å². The molecule has 6 nitrogen and oxygen atoms in total.